The summed E-state index contributed by atoms with van der Waals surface area (Å²) in [6.45, 7) is 7.56. The first-order valence-corrected chi connectivity index (χ1v) is 23.8. The molecule has 332 valence electrons. The van der Waals surface area contributed by atoms with Crippen LogP contribution in [0.15, 0.2) is 29.0 Å². The molecule has 61 heavy (non-hydrogen) atoms. The predicted molar refractivity (Wildman–Crippen MR) is 216 cm³/mol. The van der Waals surface area contributed by atoms with Crippen molar-refractivity contribution in [2.24, 2.45) is 69.5 Å². The highest BCUT2D eigenvalue weighted by atomic mass is 16.7. The van der Waals surface area contributed by atoms with Gasteiger partial charge in [0.25, 0.3) is 0 Å². The van der Waals surface area contributed by atoms with Gasteiger partial charge in [-0.05, 0) is 119 Å². The Morgan fingerprint density at radius 3 is 2.61 bits per heavy atom. The molecule has 11 aliphatic rings. The Balaban J connectivity index is 0.968. The summed E-state index contributed by atoms with van der Waals surface area (Å²) >= 11 is 0. The molecular weight excluding hydrogens is 781 g/mol. The van der Waals surface area contributed by atoms with Gasteiger partial charge in [0.15, 0.2) is 11.9 Å². The molecule has 2 spiro atoms. The van der Waals surface area contributed by atoms with Gasteiger partial charge in [0.2, 0.25) is 0 Å². The van der Waals surface area contributed by atoms with E-state index in [9.17, 15) is 24.9 Å². The number of hydrogen-bond acceptors (Lipinski definition) is 13. The number of nitrogens with zero attached hydrogens (tertiary/aromatic N) is 1. The van der Waals surface area contributed by atoms with Crippen molar-refractivity contribution in [2.45, 2.75) is 146 Å². The van der Waals surface area contributed by atoms with Crippen LogP contribution >= 0.6 is 0 Å². The summed E-state index contributed by atoms with van der Waals surface area (Å²) < 4.78 is 33.2. The van der Waals surface area contributed by atoms with Crippen LogP contribution in [0.25, 0.3) is 0 Å². The van der Waals surface area contributed by atoms with E-state index in [1.54, 1.807) is 6.26 Å². The number of ether oxygens (including phenoxy) is 4. The summed E-state index contributed by atoms with van der Waals surface area (Å²) in [5, 5.41) is 38.9. The largest absolute Gasteiger partial charge is 0.469 e. The molecule has 4 N–H and O–H groups in total. The van der Waals surface area contributed by atoms with Crippen LogP contribution in [0.2, 0.25) is 0 Å². The van der Waals surface area contributed by atoms with Crippen molar-refractivity contribution >= 4 is 17.7 Å². The van der Waals surface area contributed by atoms with Gasteiger partial charge in [0.1, 0.15) is 30.2 Å². The number of nitrogens with one attached hydrogen (secondary N) is 1. The molecule has 5 saturated heterocycles. The topological polar surface area (TPSA) is 181 Å². The Kier molecular flexibility index (Phi) is 8.72. The van der Waals surface area contributed by atoms with E-state index in [0.29, 0.717) is 49.3 Å². The minimum Gasteiger partial charge on any atom is -0.469 e. The van der Waals surface area contributed by atoms with Gasteiger partial charge in [-0.1, -0.05) is 32.3 Å². The molecule has 18 atom stereocenters. The lowest BCUT2D eigenvalue weighted by Gasteiger charge is -2.71. The van der Waals surface area contributed by atoms with E-state index < -0.39 is 75.8 Å². The van der Waals surface area contributed by atoms with Crippen molar-refractivity contribution in [3.8, 4) is 0 Å². The first-order chi connectivity index (χ1) is 29.3. The second kappa shape index (κ2) is 13.4. The Morgan fingerprint density at radius 2 is 1.80 bits per heavy atom. The average molecular weight is 845 g/mol. The third kappa shape index (κ3) is 4.87. The Morgan fingerprint density at radius 1 is 0.984 bits per heavy atom. The first kappa shape index (κ1) is 39.8. The summed E-state index contributed by atoms with van der Waals surface area (Å²) in [4.78, 5) is 46.3. The first-order valence-electron chi connectivity index (χ1n) is 23.8. The van der Waals surface area contributed by atoms with Gasteiger partial charge in [-0.25, -0.2) is 4.79 Å². The molecule has 10 fully saturated rings. The fourth-order valence-corrected chi connectivity index (χ4v) is 17.9. The van der Waals surface area contributed by atoms with E-state index in [1.165, 1.54) is 0 Å². The number of fused-ring (bicyclic) bond motifs is 3. The SMILES string of the molecule is CC1(C)O[C@H]2[C@@H]3CC[C@@H]4C[C@@]5(C)[C@H](c6ccoc6C[C@@H]([C@@H]6CC[C@@H]7[C@H](C=CN8CNC[C@@H]78)C6)[C@H](O)CO)OC(=O)[C@H]6O[C@]65[C@]5(C6CCCCC6)[C@H](O)C(=O)[C@H]1[C@@]2(COC3=O)[C@@H]45. The highest BCUT2D eigenvalue weighted by molar-refractivity contribution is 5.92. The van der Waals surface area contributed by atoms with E-state index in [4.69, 9.17) is 23.4 Å². The van der Waals surface area contributed by atoms with Crippen LogP contribution in [0.3, 0.4) is 0 Å². The van der Waals surface area contributed by atoms with E-state index in [2.05, 4.69) is 29.4 Å². The fraction of sp³-hybridized carbons (Fsp3) is 0.812. The standard InChI is InChI=1S/C48H64N2O11/c1-44(2)37-35(53)38(54)47(27-7-5-4-6-8-27)36-26(10-12-30-40(60-44)46(36,37)22-58-42(30)55)19-45(3)39(59-43(56)41-48(45,47)61-41)29-14-16-57-34(29)18-31(33(52)21-51)24-9-11-28-25(17-24)13-15-50-23-49-20-32(28)50/h13-16,24-28,30-33,36-41,49,51-52,54H,4-12,17-23H2,1-3H3/t24-,25-,26-,28-,30+,31+,32+,33-,36-,37-,38-,39+,40+,41-,45+,46-,47+,48-/m1/s1. The molecule has 7 heterocycles. The number of aliphatic hydroxyl groups is 3. The molecule has 12 rings (SSSR count). The van der Waals surface area contributed by atoms with Crippen molar-refractivity contribution in [1.29, 1.82) is 0 Å². The van der Waals surface area contributed by atoms with Gasteiger partial charge in [0.05, 0.1) is 49.2 Å². The molecule has 6 aliphatic heterocycles. The monoisotopic (exact) mass is 844 g/mol. The van der Waals surface area contributed by atoms with Gasteiger partial charge in [-0.2, -0.15) is 0 Å². The lowest BCUT2D eigenvalue weighted by molar-refractivity contribution is -0.289. The Bertz CT molecular complexity index is 2030. The third-order valence-corrected chi connectivity index (χ3v) is 19.7. The number of allylic oxidation sites excluding steroid dienone is 1. The molecule has 0 unspecified atom stereocenters. The Labute approximate surface area is 357 Å². The summed E-state index contributed by atoms with van der Waals surface area (Å²) in [6.07, 6.45) is 11.1. The second-order valence-corrected chi connectivity index (χ2v) is 22.3. The quantitative estimate of drug-likeness (QED) is 0.227. The molecule has 0 aromatic carbocycles. The summed E-state index contributed by atoms with van der Waals surface area (Å²) in [5.41, 5.74) is -4.42. The highest BCUT2D eigenvalue weighted by Gasteiger charge is 2.94. The maximum absolute atomic E-state index is 15.5. The van der Waals surface area contributed by atoms with E-state index >= 15 is 4.79 Å². The number of Topliss-reactive ketones (excluding diaryl/α,β-unsaturated/α-hetero) is 1. The summed E-state index contributed by atoms with van der Waals surface area (Å²) in [6, 6.07) is 2.37. The van der Waals surface area contributed by atoms with Crippen LogP contribution in [-0.4, -0.2) is 106 Å². The maximum Gasteiger partial charge on any atom is 0.339 e. The van der Waals surface area contributed by atoms with Crippen molar-refractivity contribution in [3.63, 3.8) is 0 Å². The minimum atomic E-state index is -1.42. The zero-order valence-electron chi connectivity index (χ0n) is 35.8. The molecule has 0 radical (unpaired) electrons. The van der Waals surface area contributed by atoms with Crippen LogP contribution in [-0.2, 0) is 39.8 Å². The number of cyclic esters (lactones) is 2. The smallest absolute Gasteiger partial charge is 0.339 e. The van der Waals surface area contributed by atoms with Gasteiger partial charge in [0, 0.05) is 40.8 Å². The molecule has 1 aromatic heterocycles. The maximum atomic E-state index is 15.5. The van der Waals surface area contributed by atoms with Crippen molar-refractivity contribution < 1.29 is 53.1 Å². The number of rotatable bonds is 7. The molecule has 5 saturated carbocycles. The average Bonchev–Trinajstić information content (AvgIpc) is 3.50. The van der Waals surface area contributed by atoms with Gasteiger partial charge in [-0.3, -0.25) is 14.9 Å². The number of aliphatic hydroxyl groups excluding tert-OH is 3. The second-order valence-electron chi connectivity index (χ2n) is 22.3. The van der Waals surface area contributed by atoms with E-state index in [-0.39, 0.29) is 54.6 Å². The van der Waals surface area contributed by atoms with E-state index in [0.717, 1.165) is 70.1 Å². The molecule has 0 amide bonds. The number of carbonyl (C=O) groups excluding carboxylic acids is 3. The zero-order chi connectivity index (χ0) is 42.0. The fourth-order valence-electron chi connectivity index (χ4n) is 17.9. The summed E-state index contributed by atoms with van der Waals surface area (Å²) in [5.74, 6) is -1.37. The summed E-state index contributed by atoms with van der Waals surface area (Å²) in [7, 11) is 0. The number of furan rings is 1. The van der Waals surface area contributed by atoms with Gasteiger partial charge >= 0.3 is 11.9 Å². The van der Waals surface area contributed by atoms with Crippen LogP contribution in [0.4, 0.5) is 0 Å². The molecule has 2 bridgehead atoms. The van der Waals surface area contributed by atoms with Gasteiger partial charge < -0.3 is 43.6 Å². The number of carbonyl (C=O) groups is 3. The van der Waals surface area contributed by atoms with Crippen LogP contribution in [0, 0.1) is 69.5 Å². The molecule has 1 aromatic rings. The van der Waals surface area contributed by atoms with E-state index in [1.807, 2.05) is 19.9 Å². The number of esters is 2. The van der Waals surface area contributed by atoms with Crippen LogP contribution < -0.4 is 5.32 Å². The number of epoxide rings is 1. The highest BCUT2D eigenvalue weighted by Crippen LogP contribution is 2.84. The molecule has 13 heteroatoms. The molecular formula is C48H64N2O11. The zero-order valence-corrected chi connectivity index (χ0v) is 35.8. The molecule has 5 aliphatic carbocycles. The predicted octanol–water partition coefficient (Wildman–Crippen LogP) is 4.22. The van der Waals surface area contributed by atoms with Crippen LogP contribution in [0.5, 0.6) is 0 Å². The lowest BCUT2D eigenvalue weighted by Crippen LogP contribution is -2.80. The normalized spacial score (nSPS) is 49.9. The minimum absolute atomic E-state index is 0.0509. The number of hydrogen-bond donors (Lipinski definition) is 4. The lowest BCUT2D eigenvalue weighted by atomic mass is 9.31. The van der Waals surface area contributed by atoms with Crippen LogP contribution in [0.1, 0.15) is 109 Å². The number of ketones is 1. The van der Waals surface area contributed by atoms with Gasteiger partial charge in [-0.15, -0.1) is 0 Å². The van der Waals surface area contributed by atoms with Crippen molar-refractivity contribution in [3.05, 3.63) is 35.9 Å². The Hall–Kier alpha value is -2.81. The molecule has 13 nitrogen and oxygen atoms in total. The third-order valence-electron chi connectivity index (χ3n) is 19.7. The van der Waals surface area contributed by atoms with Crippen molar-refractivity contribution in [2.75, 3.05) is 26.4 Å². The van der Waals surface area contributed by atoms with Crippen molar-refractivity contribution in [1.82, 2.24) is 10.2 Å².